The Labute approximate surface area is 119 Å². The zero-order valence-corrected chi connectivity index (χ0v) is 12.2. The lowest BCUT2D eigenvalue weighted by molar-refractivity contribution is -0.128. The molecule has 1 unspecified atom stereocenters. The quantitative estimate of drug-likeness (QED) is 0.880. The molecule has 1 aliphatic rings. The van der Waals surface area contributed by atoms with Gasteiger partial charge in [0.05, 0.1) is 12.7 Å². The molecule has 1 heterocycles. The van der Waals surface area contributed by atoms with Gasteiger partial charge in [-0.15, -0.1) is 0 Å². The first-order chi connectivity index (χ1) is 9.56. The summed E-state index contributed by atoms with van der Waals surface area (Å²) < 4.78 is 11.1. The molecule has 1 aliphatic heterocycles. The zero-order chi connectivity index (χ0) is 14.5. The van der Waals surface area contributed by atoms with E-state index in [0.29, 0.717) is 13.2 Å². The molecule has 110 valence electrons. The molecule has 1 aromatic carbocycles. The number of hydrogen-bond donors (Lipinski definition) is 2. The van der Waals surface area contributed by atoms with Gasteiger partial charge in [-0.25, -0.2) is 0 Å². The lowest BCUT2D eigenvalue weighted by Crippen LogP contribution is -2.45. The molecule has 0 aromatic heterocycles. The van der Waals surface area contributed by atoms with E-state index in [-0.39, 0.29) is 12.0 Å². The van der Waals surface area contributed by atoms with Gasteiger partial charge in [-0.2, -0.15) is 0 Å². The summed E-state index contributed by atoms with van der Waals surface area (Å²) in [6.07, 6.45) is -0.286. The van der Waals surface area contributed by atoms with Crippen LogP contribution in [0.2, 0.25) is 0 Å². The summed E-state index contributed by atoms with van der Waals surface area (Å²) in [5, 5.41) is 6.04. The van der Waals surface area contributed by atoms with Gasteiger partial charge in [0.15, 0.2) is 0 Å². The number of benzene rings is 1. The minimum atomic E-state index is -0.422. The third-order valence-corrected chi connectivity index (χ3v) is 3.05. The number of anilines is 1. The van der Waals surface area contributed by atoms with E-state index in [4.69, 9.17) is 9.47 Å². The summed E-state index contributed by atoms with van der Waals surface area (Å²) in [5.41, 5.74) is 1.76. The molecule has 0 spiro atoms. The lowest BCUT2D eigenvalue weighted by Gasteiger charge is -2.23. The van der Waals surface area contributed by atoms with Gasteiger partial charge >= 0.3 is 0 Å². The highest BCUT2D eigenvalue weighted by molar-refractivity contribution is 5.95. The predicted octanol–water partition coefficient (Wildman–Crippen LogP) is 1.71. The standard InChI is InChI=1S/C15H22N2O3/c1-10(2)20-12-4-5-13(11(3)8-12)17-15(18)14-9-16-6-7-19-14/h4-5,8,10,14,16H,6-7,9H2,1-3H3,(H,17,18). The molecule has 0 aliphatic carbocycles. The van der Waals surface area contributed by atoms with Crippen LogP contribution in [0.5, 0.6) is 5.75 Å². The van der Waals surface area contributed by atoms with Crippen molar-refractivity contribution in [2.75, 3.05) is 25.0 Å². The number of carbonyl (C=O) groups excluding carboxylic acids is 1. The summed E-state index contributed by atoms with van der Waals surface area (Å²) in [4.78, 5) is 12.1. The molecule has 5 nitrogen and oxygen atoms in total. The highest BCUT2D eigenvalue weighted by Crippen LogP contribution is 2.22. The zero-order valence-electron chi connectivity index (χ0n) is 12.2. The molecule has 5 heteroatoms. The Bertz CT molecular complexity index is 468. The van der Waals surface area contributed by atoms with Gasteiger partial charge in [0, 0.05) is 18.8 Å². The molecule has 0 radical (unpaired) electrons. The second-order valence-electron chi connectivity index (χ2n) is 5.20. The van der Waals surface area contributed by atoms with E-state index in [0.717, 1.165) is 23.5 Å². The molecule has 1 saturated heterocycles. The van der Waals surface area contributed by atoms with Crippen LogP contribution in [0.25, 0.3) is 0 Å². The van der Waals surface area contributed by atoms with Crippen LogP contribution < -0.4 is 15.4 Å². The van der Waals surface area contributed by atoms with E-state index >= 15 is 0 Å². The molecule has 0 saturated carbocycles. The highest BCUT2D eigenvalue weighted by Gasteiger charge is 2.22. The van der Waals surface area contributed by atoms with Gasteiger partial charge in [0.25, 0.3) is 5.91 Å². The summed E-state index contributed by atoms with van der Waals surface area (Å²) in [6, 6.07) is 5.65. The number of morpholine rings is 1. The number of ether oxygens (including phenoxy) is 2. The van der Waals surface area contributed by atoms with E-state index in [1.165, 1.54) is 0 Å². The third-order valence-electron chi connectivity index (χ3n) is 3.05. The predicted molar refractivity (Wildman–Crippen MR) is 78.2 cm³/mol. The van der Waals surface area contributed by atoms with Crippen LogP contribution in [0.4, 0.5) is 5.69 Å². The van der Waals surface area contributed by atoms with Crippen molar-refractivity contribution in [3.05, 3.63) is 23.8 Å². The normalized spacial score (nSPS) is 18.9. The van der Waals surface area contributed by atoms with Crippen LogP contribution >= 0.6 is 0 Å². The first-order valence-electron chi connectivity index (χ1n) is 6.97. The first kappa shape index (κ1) is 14.8. The lowest BCUT2D eigenvalue weighted by atomic mass is 10.1. The molecule has 2 rings (SSSR count). The number of amides is 1. The fraction of sp³-hybridized carbons (Fsp3) is 0.533. The first-order valence-corrected chi connectivity index (χ1v) is 6.97. The summed E-state index contributed by atoms with van der Waals surface area (Å²) in [6.45, 7) is 7.83. The number of rotatable bonds is 4. The monoisotopic (exact) mass is 278 g/mol. The number of hydrogen-bond acceptors (Lipinski definition) is 4. The van der Waals surface area contributed by atoms with E-state index in [1.807, 2.05) is 39.0 Å². The Kier molecular flexibility index (Phi) is 4.98. The average molecular weight is 278 g/mol. The topological polar surface area (TPSA) is 59.6 Å². The van der Waals surface area contributed by atoms with Gasteiger partial charge in [-0.1, -0.05) is 0 Å². The Balaban J connectivity index is 2.00. The van der Waals surface area contributed by atoms with Crippen molar-refractivity contribution in [3.63, 3.8) is 0 Å². The molecular formula is C15H22N2O3. The van der Waals surface area contributed by atoms with Crippen molar-refractivity contribution in [2.45, 2.75) is 33.0 Å². The molecule has 2 N–H and O–H groups in total. The molecule has 1 atom stereocenters. The van der Waals surface area contributed by atoms with E-state index in [1.54, 1.807) is 0 Å². The fourth-order valence-corrected chi connectivity index (χ4v) is 2.07. The Morgan fingerprint density at radius 2 is 2.30 bits per heavy atom. The molecule has 1 fully saturated rings. The van der Waals surface area contributed by atoms with Crippen molar-refractivity contribution in [1.29, 1.82) is 0 Å². The van der Waals surface area contributed by atoms with Gasteiger partial charge in [0.2, 0.25) is 0 Å². The van der Waals surface area contributed by atoms with E-state index in [9.17, 15) is 4.79 Å². The molecule has 20 heavy (non-hydrogen) atoms. The van der Waals surface area contributed by atoms with Crippen LogP contribution in [0.1, 0.15) is 19.4 Å². The maximum Gasteiger partial charge on any atom is 0.254 e. The Morgan fingerprint density at radius 1 is 1.50 bits per heavy atom. The van der Waals surface area contributed by atoms with Crippen LogP contribution in [-0.2, 0) is 9.53 Å². The van der Waals surface area contributed by atoms with Crippen molar-refractivity contribution in [2.24, 2.45) is 0 Å². The molecule has 0 bridgehead atoms. The van der Waals surface area contributed by atoms with Crippen LogP contribution in [0, 0.1) is 6.92 Å². The maximum atomic E-state index is 12.1. The average Bonchev–Trinajstić information content (AvgIpc) is 2.42. The highest BCUT2D eigenvalue weighted by atomic mass is 16.5. The molecular weight excluding hydrogens is 256 g/mol. The van der Waals surface area contributed by atoms with Crippen molar-refractivity contribution >= 4 is 11.6 Å². The van der Waals surface area contributed by atoms with Gasteiger partial charge < -0.3 is 20.1 Å². The minimum Gasteiger partial charge on any atom is -0.491 e. The smallest absolute Gasteiger partial charge is 0.254 e. The fourth-order valence-electron chi connectivity index (χ4n) is 2.07. The number of nitrogens with one attached hydrogen (secondary N) is 2. The van der Waals surface area contributed by atoms with Crippen LogP contribution in [-0.4, -0.2) is 37.8 Å². The van der Waals surface area contributed by atoms with Crippen molar-refractivity contribution < 1.29 is 14.3 Å². The summed E-state index contributed by atoms with van der Waals surface area (Å²) in [7, 11) is 0. The van der Waals surface area contributed by atoms with Gasteiger partial charge in [-0.3, -0.25) is 4.79 Å². The van der Waals surface area contributed by atoms with E-state index in [2.05, 4.69) is 10.6 Å². The third kappa shape index (κ3) is 3.95. The summed E-state index contributed by atoms with van der Waals surface area (Å²) in [5.74, 6) is 0.698. The van der Waals surface area contributed by atoms with Crippen molar-refractivity contribution in [3.8, 4) is 5.75 Å². The van der Waals surface area contributed by atoms with Crippen molar-refractivity contribution in [1.82, 2.24) is 5.32 Å². The molecule has 1 aromatic rings. The maximum absolute atomic E-state index is 12.1. The number of aryl methyl sites for hydroxylation is 1. The Hall–Kier alpha value is -1.59. The van der Waals surface area contributed by atoms with Crippen LogP contribution in [0.15, 0.2) is 18.2 Å². The number of carbonyl (C=O) groups is 1. The van der Waals surface area contributed by atoms with E-state index < -0.39 is 6.10 Å². The molecule has 1 amide bonds. The van der Waals surface area contributed by atoms with Gasteiger partial charge in [0.1, 0.15) is 11.9 Å². The second-order valence-corrected chi connectivity index (χ2v) is 5.20. The SMILES string of the molecule is Cc1cc(OC(C)C)ccc1NC(=O)C1CNCCO1. The van der Waals surface area contributed by atoms with Crippen LogP contribution in [0.3, 0.4) is 0 Å². The minimum absolute atomic E-state index is 0.113. The largest absolute Gasteiger partial charge is 0.491 e. The Morgan fingerprint density at radius 3 is 2.90 bits per heavy atom. The van der Waals surface area contributed by atoms with Gasteiger partial charge in [-0.05, 0) is 44.5 Å². The second kappa shape index (κ2) is 6.72. The summed E-state index contributed by atoms with van der Waals surface area (Å²) >= 11 is 0.